The summed E-state index contributed by atoms with van der Waals surface area (Å²) in [5, 5.41) is 4.35. The molecule has 3 rings (SSSR count). The van der Waals surface area contributed by atoms with Crippen molar-refractivity contribution in [3.05, 3.63) is 64.4 Å². The van der Waals surface area contributed by atoms with E-state index in [-0.39, 0.29) is 11.3 Å². The van der Waals surface area contributed by atoms with E-state index in [2.05, 4.69) is 24.4 Å². The fraction of sp³-hybridized carbons (Fsp3) is 0.318. The molecule has 142 valence electrons. The first-order chi connectivity index (χ1) is 13.2. The molecule has 0 saturated carbocycles. The summed E-state index contributed by atoms with van der Waals surface area (Å²) in [5.74, 6) is 0.760. The molecule has 0 aliphatic heterocycles. The Bertz CT molecular complexity index is 965. The molecule has 27 heavy (non-hydrogen) atoms. The normalized spacial score (nSPS) is 10.8. The minimum absolute atomic E-state index is 0.197. The third-order valence-corrected chi connectivity index (χ3v) is 4.61. The van der Waals surface area contributed by atoms with Gasteiger partial charge in [-0.05, 0) is 24.1 Å². The highest BCUT2D eigenvalue weighted by Gasteiger charge is 2.20. The van der Waals surface area contributed by atoms with Gasteiger partial charge in [-0.1, -0.05) is 49.7 Å². The first-order valence-corrected chi connectivity index (χ1v) is 9.27. The molecule has 0 fully saturated rings. The van der Waals surface area contributed by atoms with E-state index in [4.69, 9.17) is 9.47 Å². The van der Waals surface area contributed by atoms with Crippen LogP contribution in [0.4, 0.5) is 5.69 Å². The van der Waals surface area contributed by atoms with Crippen molar-refractivity contribution in [2.45, 2.75) is 26.3 Å². The average Bonchev–Trinajstić information content (AvgIpc) is 2.71. The molecule has 3 aromatic rings. The highest BCUT2D eigenvalue weighted by Crippen LogP contribution is 2.37. The number of hydrogen-bond acceptors (Lipinski definition) is 4. The molecule has 0 saturated heterocycles. The van der Waals surface area contributed by atoms with E-state index in [1.165, 1.54) is 12.7 Å². The Morgan fingerprint density at radius 3 is 2.52 bits per heavy atom. The van der Waals surface area contributed by atoms with Crippen molar-refractivity contribution in [2.75, 3.05) is 19.0 Å². The number of fused-ring (bicyclic) bond motifs is 1. The van der Waals surface area contributed by atoms with Gasteiger partial charge in [0.1, 0.15) is 0 Å². The van der Waals surface area contributed by atoms with Crippen LogP contribution in [0.1, 0.15) is 25.3 Å². The zero-order valence-corrected chi connectivity index (χ0v) is 16.1. The third kappa shape index (κ3) is 3.92. The molecular formula is C22H26N2O3. The Hall–Kier alpha value is -2.95. The van der Waals surface area contributed by atoms with Gasteiger partial charge in [0.15, 0.2) is 5.75 Å². The summed E-state index contributed by atoms with van der Waals surface area (Å²) in [7, 11) is 3.26. The van der Waals surface area contributed by atoms with Gasteiger partial charge in [-0.25, -0.2) is 0 Å². The lowest BCUT2D eigenvalue weighted by molar-refractivity contribution is 0.289. The van der Waals surface area contributed by atoms with Crippen molar-refractivity contribution in [3.8, 4) is 11.5 Å². The lowest BCUT2D eigenvalue weighted by Gasteiger charge is -2.18. The number of methoxy groups -OCH3 is 1. The Kier molecular flexibility index (Phi) is 6.01. The molecule has 1 N–H and O–H groups in total. The van der Waals surface area contributed by atoms with Crippen LogP contribution in [0.25, 0.3) is 10.9 Å². The van der Waals surface area contributed by atoms with Crippen LogP contribution in [0.5, 0.6) is 11.5 Å². The van der Waals surface area contributed by atoms with Gasteiger partial charge in [0.2, 0.25) is 5.75 Å². The van der Waals surface area contributed by atoms with Gasteiger partial charge in [-0.3, -0.25) is 4.79 Å². The second-order valence-corrected chi connectivity index (χ2v) is 6.47. The van der Waals surface area contributed by atoms with Crippen LogP contribution in [0.3, 0.4) is 0 Å². The lowest BCUT2D eigenvalue weighted by Crippen LogP contribution is -2.20. The zero-order chi connectivity index (χ0) is 19.2. The summed E-state index contributed by atoms with van der Waals surface area (Å²) in [6.45, 7) is 3.33. The summed E-state index contributed by atoms with van der Waals surface area (Å²) >= 11 is 0. The van der Waals surface area contributed by atoms with Gasteiger partial charge < -0.3 is 19.4 Å². The number of rotatable bonds is 8. The maximum atomic E-state index is 12.7. The van der Waals surface area contributed by atoms with E-state index in [9.17, 15) is 4.79 Å². The number of aryl methyl sites for hydroxylation is 1. The van der Waals surface area contributed by atoms with Crippen LogP contribution in [0.2, 0.25) is 0 Å². The molecule has 0 radical (unpaired) electrons. The summed E-state index contributed by atoms with van der Waals surface area (Å²) < 4.78 is 13.1. The monoisotopic (exact) mass is 366 g/mol. The molecular weight excluding hydrogens is 340 g/mol. The van der Waals surface area contributed by atoms with Crippen molar-refractivity contribution in [3.63, 3.8) is 0 Å². The van der Waals surface area contributed by atoms with Crippen molar-refractivity contribution in [2.24, 2.45) is 7.05 Å². The number of pyridine rings is 1. The molecule has 1 heterocycles. The smallest absolute Gasteiger partial charge is 0.297 e. The fourth-order valence-electron chi connectivity index (χ4n) is 3.11. The molecule has 0 aliphatic carbocycles. The predicted octanol–water partition coefficient (Wildman–Crippen LogP) is 4.34. The number of hydrogen-bond donors (Lipinski definition) is 1. The molecule has 5 nitrogen and oxygen atoms in total. The van der Waals surface area contributed by atoms with Gasteiger partial charge in [0.05, 0.1) is 24.6 Å². The predicted molar refractivity (Wildman–Crippen MR) is 110 cm³/mol. The molecule has 0 unspecified atom stereocenters. The van der Waals surface area contributed by atoms with Crippen molar-refractivity contribution < 1.29 is 9.47 Å². The Morgan fingerprint density at radius 2 is 1.81 bits per heavy atom. The zero-order valence-electron chi connectivity index (χ0n) is 16.1. The quantitative estimate of drug-likeness (QED) is 0.603. The van der Waals surface area contributed by atoms with Crippen molar-refractivity contribution in [1.29, 1.82) is 0 Å². The summed E-state index contributed by atoms with van der Waals surface area (Å²) in [4.78, 5) is 12.7. The number of benzene rings is 2. The molecule has 0 spiro atoms. The highest BCUT2D eigenvalue weighted by molar-refractivity contribution is 5.98. The van der Waals surface area contributed by atoms with Crippen LogP contribution < -0.4 is 20.3 Å². The lowest BCUT2D eigenvalue weighted by atomic mass is 10.1. The van der Waals surface area contributed by atoms with Gasteiger partial charge in [-0.15, -0.1) is 0 Å². The summed E-state index contributed by atoms with van der Waals surface area (Å²) in [6.07, 6.45) is 1.93. The Morgan fingerprint density at radius 1 is 1.04 bits per heavy atom. The van der Waals surface area contributed by atoms with E-state index in [1.54, 1.807) is 11.6 Å². The van der Waals surface area contributed by atoms with Crippen LogP contribution in [0, 0.1) is 0 Å². The van der Waals surface area contributed by atoms with Crippen LogP contribution in [-0.2, 0) is 13.6 Å². The first-order valence-electron chi connectivity index (χ1n) is 9.27. The first kappa shape index (κ1) is 18.8. The van der Waals surface area contributed by atoms with E-state index < -0.39 is 0 Å². The Balaban J connectivity index is 2.10. The largest absolute Gasteiger partial charge is 0.489 e. The van der Waals surface area contributed by atoms with Crippen molar-refractivity contribution >= 4 is 16.6 Å². The Labute approximate surface area is 159 Å². The molecule has 0 atom stereocenters. The molecule has 0 aliphatic rings. The van der Waals surface area contributed by atoms with Crippen LogP contribution in [-0.4, -0.2) is 18.3 Å². The van der Waals surface area contributed by atoms with Crippen molar-refractivity contribution in [1.82, 2.24) is 4.57 Å². The van der Waals surface area contributed by atoms with Gasteiger partial charge >= 0.3 is 0 Å². The minimum Gasteiger partial charge on any atom is -0.489 e. The number of nitrogens with zero attached hydrogens (tertiary/aromatic N) is 1. The second-order valence-electron chi connectivity index (χ2n) is 6.47. The fourth-order valence-corrected chi connectivity index (χ4v) is 3.11. The van der Waals surface area contributed by atoms with E-state index in [0.717, 1.165) is 29.4 Å². The van der Waals surface area contributed by atoms with Crippen LogP contribution >= 0.6 is 0 Å². The average molecular weight is 366 g/mol. The van der Waals surface area contributed by atoms with E-state index >= 15 is 0 Å². The molecule has 0 amide bonds. The maximum absolute atomic E-state index is 12.7. The number of aromatic nitrogens is 1. The molecule has 5 heteroatoms. The van der Waals surface area contributed by atoms with Gasteiger partial charge in [0, 0.05) is 19.3 Å². The summed E-state index contributed by atoms with van der Waals surface area (Å²) in [5.41, 5.74) is 2.71. The van der Waals surface area contributed by atoms with Gasteiger partial charge in [-0.2, -0.15) is 0 Å². The molecule has 2 aromatic carbocycles. The second kappa shape index (κ2) is 8.62. The van der Waals surface area contributed by atoms with E-state index in [1.807, 2.05) is 36.4 Å². The minimum atomic E-state index is -0.197. The molecule has 1 aromatic heterocycles. The van der Waals surface area contributed by atoms with Crippen LogP contribution in [0.15, 0.2) is 53.3 Å². The highest BCUT2D eigenvalue weighted by atomic mass is 16.5. The summed E-state index contributed by atoms with van der Waals surface area (Å²) in [6, 6.07) is 16.1. The molecule has 0 bridgehead atoms. The number of ether oxygens (including phenoxy) is 2. The topological polar surface area (TPSA) is 52.5 Å². The number of unbranched alkanes of at least 4 members (excludes halogenated alkanes) is 1. The third-order valence-electron chi connectivity index (χ3n) is 4.61. The SMILES string of the molecule is CCCCOc1c(OC)c(=O)n(C)c2cccc(NCc3ccccc3)c12. The standard InChI is InChI=1S/C22H26N2O3/c1-4-5-14-27-20-19-17(23-15-16-10-7-6-8-11-16)12-9-13-18(19)24(2)22(25)21(20)26-3/h6-13,23H,4-5,14-15H2,1-3H3. The number of anilines is 1. The van der Waals surface area contributed by atoms with Gasteiger partial charge in [0.25, 0.3) is 5.56 Å². The number of nitrogens with one attached hydrogen (secondary N) is 1. The van der Waals surface area contributed by atoms with E-state index in [0.29, 0.717) is 18.9 Å². The maximum Gasteiger partial charge on any atom is 0.297 e.